The van der Waals surface area contributed by atoms with Crippen LogP contribution in [0.2, 0.25) is 5.02 Å². The lowest BCUT2D eigenvalue weighted by Crippen LogP contribution is -2.38. The molecule has 2 heterocycles. The minimum Gasteiger partial charge on any atom is -0.324 e. The van der Waals surface area contributed by atoms with Crippen molar-refractivity contribution < 1.29 is 9.59 Å². The van der Waals surface area contributed by atoms with Crippen LogP contribution in [0.25, 0.3) is 0 Å². The Morgan fingerprint density at radius 1 is 1.13 bits per heavy atom. The number of aryl methyl sites for hydroxylation is 1. The molecule has 0 spiro atoms. The van der Waals surface area contributed by atoms with E-state index in [4.69, 9.17) is 11.6 Å². The number of hydrogen-bond acceptors (Lipinski definition) is 4. The van der Waals surface area contributed by atoms with E-state index in [9.17, 15) is 9.59 Å². The van der Waals surface area contributed by atoms with Crippen molar-refractivity contribution in [3.8, 4) is 0 Å². The Morgan fingerprint density at radius 3 is 2.71 bits per heavy atom. The summed E-state index contributed by atoms with van der Waals surface area (Å²) in [5, 5.41) is 7.12. The lowest BCUT2D eigenvalue weighted by molar-refractivity contribution is -0.115. The first-order valence-electron chi connectivity index (χ1n) is 9.81. The molecule has 6 nitrogen and oxygen atoms in total. The molecule has 0 saturated carbocycles. The minimum atomic E-state index is -0.200. The summed E-state index contributed by atoms with van der Waals surface area (Å²) < 4.78 is 0. The van der Waals surface area contributed by atoms with E-state index in [1.54, 1.807) is 41.1 Å². The third kappa shape index (κ3) is 5.18. The van der Waals surface area contributed by atoms with Gasteiger partial charge in [0, 0.05) is 24.2 Å². The molecule has 1 aliphatic rings. The zero-order valence-electron chi connectivity index (χ0n) is 16.9. The van der Waals surface area contributed by atoms with Gasteiger partial charge >= 0.3 is 6.03 Å². The summed E-state index contributed by atoms with van der Waals surface area (Å²) in [7, 11) is 0. The number of hydrogen-bond donors (Lipinski definition) is 2. The van der Waals surface area contributed by atoms with Crippen molar-refractivity contribution in [2.45, 2.75) is 18.4 Å². The van der Waals surface area contributed by atoms with Gasteiger partial charge in [-0.25, -0.2) is 9.78 Å². The van der Waals surface area contributed by atoms with Crippen molar-refractivity contribution in [2.75, 3.05) is 27.8 Å². The fourth-order valence-corrected chi connectivity index (χ4v) is 4.47. The summed E-state index contributed by atoms with van der Waals surface area (Å²) in [6, 6.07) is 16.3. The first-order chi connectivity index (χ1) is 15.0. The van der Waals surface area contributed by atoms with Crippen LogP contribution >= 0.6 is 23.4 Å². The van der Waals surface area contributed by atoms with Crippen LogP contribution in [0.4, 0.5) is 21.9 Å². The van der Waals surface area contributed by atoms with Gasteiger partial charge in [-0.15, -0.1) is 11.8 Å². The highest BCUT2D eigenvalue weighted by Gasteiger charge is 2.23. The molecule has 158 valence electrons. The zero-order valence-corrected chi connectivity index (χ0v) is 18.5. The molecule has 3 amide bonds. The van der Waals surface area contributed by atoms with Crippen LogP contribution in [0.5, 0.6) is 0 Å². The maximum absolute atomic E-state index is 12.8. The third-order valence-electron chi connectivity index (χ3n) is 4.81. The zero-order chi connectivity index (χ0) is 21.8. The Hall–Kier alpha value is -3.03. The van der Waals surface area contributed by atoms with E-state index in [0.717, 1.165) is 27.6 Å². The molecule has 0 radical (unpaired) electrons. The number of benzene rings is 2. The summed E-state index contributed by atoms with van der Waals surface area (Å²) in [6.07, 6.45) is 1.94. The quantitative estimate of drug-likeness (QED) is 0.558. The topological polar surface area (TPSA) is 74.3 Å². The number of nitrogens with zero attached hydrogens (tertiary/aromatic N) is 2. The third-order valence-corrected chi connectivity index (χ3v) is 6.10. The molecule has 31 heavy (non-hydrogen) atoms. The number of pyridine rings is 1. The van der Waals surface area contributed by atoms with Crippen molar-refractivity contribution in [1.29, 1.82) is 0 Å². The number of carbonyl (C=O) groups excluding carboxylic acids is 2. The monoisotopic (exact) mass is 452 g/mol. The number of rotatable bonds is 4. The van der Waals surface area contributed by atoms with Crippen molar-refractivity contribution in [3.63, 3.8) is 0 Å². The highest BCUT2D eigenvalue weighted by molar-refractivity contribution is 7.99. The van der Waals surface area contributed by atoms with Crippen LogP contribution in [0.15, 0.2) is 65.8 Å². The van der Waals surface area contributed by atoms with E-state index in [-0.39, 0.29) is 18.4 Å². The Kier molecular flexibility index (Phi) is 6.44. The van der Waals surface area contributed by atoms with Crippen LogP contribution < -0.4 is 15.5 Å². The fraction of sp³-hybridized carbons (Fsp3) is 0.174. The number of amides is 3. The van der Waals surface area contributed by atoms with Gasteiger partial charge in [-0.1, -0.05) is 29.8 Å². The molecule has 8 heteroatoms. The molecule has 2 N–H and O–H groups in total. The minimum absolute atomic E-state index is 0.155. The van der Waals surface area contributed by atoms with Gasteiger partial charge in [0.1, 0.15) is 5.03 Å². The maximum Gasteiger partial charge on any atom is 0.326 e. The molecule has 0 unspecified atom stereocenters. The van der Waals surface area contributed by atoms with Crippen molar-refractivity contribution in [1.82, 2.24) is 4.98 Å². The van der Waals surface area contributed by atoms with Crippen LogP contribution in [-0.4, -0.2) is 29.2 Å². The van der Waals surface area contributed by atoms with Crippen molar-refractivity contribution in [2.24, 2.45) is 0 Å². The summed E-state index contributed by atoms with van der Waals surface area (Å²) in [5.74, 6) is 0.647. The number of fused-ring (bicyclic) bond motifs is 1. The molecule has 2 aromatic carbocycles. The second-order valence-electron chi connectivity index (χ2n) is 7.16. The SMILES string of the molecule is Cc1ccc(NC(=O)Cc2ccc(NC(=O)N3CCSc4ncccc43)cc2)c(Cl)c1. The van der Waals surface area contributed by atoms with Crippen molar-refractivity contribution in [3.05, 3.63) is 76.9 Å². The fourth-order valence-electron chi connectivity index (χ4n) is 3.26. The number of urea groups is 1. The van der Waals surface area contributed by atoms with Gasteiger partial charge in [0.2, 0.25) is 5.91 Å². The molecule has 4 rings (SSSR count). The molecule has 0 atom stereocenters. The van der Waals surface area contributed by atoms with Crippen LogP contribution in [-0.2, 0) is 11.2 Å². The average molecular weight is 453 g/mol. The molecule has 0 bridgehead atoms. The first-order valence-corrected chi connectivity index (χ1v) is 11.2. The van der Waals surface area contributed by atoms with E-state index in [1.807, 2.05) is 43.3 Å². The summed E-state index contributed by atoms with van der Waals surface area (Å²) in [6.45, 7) is 2.56. The first kappa shape index (κ1) is 21.2. The number of anilines is 3. The number of halogens is 1. The molecule has 0 saturated heterocycles. The van der Waals surface area contributed by atoms with Gasteiger partial charge in [-0.05, 0) is 54.4 Å². The predicted molar refractivity (Wildman–Crippen MR) is 126 cm³/mol. The number of carbonyl (C=O) groups is 2. The van der Waals surface area contributed by atoms with Gasteiger partial charge in [0.05, 0.1) is 22.8 Å². The van der Waals surface area contributed by atoms with Gasteiger partial charge in [-0.3, -0.25) is 9.69 Å². The summed E-state index contributed by atoms with van der Waals surface area (Å²) >= 11 is 7.82. The maximum atomic E-state index is 12.8. The predicted octanol–water partition coefficient (Wildman–Crippen LogP) is 5.37. The highest BCUT2D eigenvalue weighted by Crippen LogP contribution is 2.32. The Balaban J connectivity index is 1.36. The largest absolute Gasteiger partial charge is 0.326 e. The highest BCUT2D eigenvalue weighted by atomic mass is 35.5. The second kappa shape index (κ2) is 9.41. The molecule has 1 aliphatic heterocycles. The lowest BCUT2D eigenvalue weighted by atomic mass is 10.1. The Bertz CT molecular complexity index is 1120. The van der Waals surface area contributed by atoms with E-state index < -0.39 is 0 Å². The van der Waals surface area contributed by atoms with Gasteiger partial charge in [-0.2, -0.15) is 0 Å². The lowest BCUT2D eigenvalue weighted by Gasteiger charge is -2.28. The van der Waals surface area contributed by atoms with Crippen LogP contribution in [0.1, 0.15) is 11.1 Å². The number of nitrogens with one attached hydrogen (secondary N) is 2. The molecule has 0 fully saturated rings. The Morgan fingerprint density at radius 2 is 1.94 bits per heavy atom. The molecular formula is C23H21ClN4O2S. The van der Waals surface area contributed by atoms with E-state index in [0.29, 0.717) is 22.9 Å². The van der Waals surface area contributed by atoms with Gasteiger partial charge in [0.25, 0.3) is 0 Å². The van der Waals surface area contributed by atoms with Gasteiger partial charge in [0.15, 0.2) is 0 Å². The van der Waals surface area contributed by atoms with Gasteiger partial charge < -0.3 is 10.6 Å². The molecular weight excluding hydrogens is 432 g/mol. The normalized spacial score (nSPS) is 12.8. The van der Waals surface area contributed by atoms with E-state index in [2.05, 4.69) is 15.6 Å². The van der Waals surface area contributed by atoms with E-state index in [1.165, 1.54) is 0 Å². The smallest absolute Gasteiger partial charge is 0.324 e. The van der Waals surface area contributed by atoms with Crippen molar-refractivity contribution >= 4 is 52.4 Å². The number of thioether (sulfide) groups is 1. The second-order valence-corrected chi connectivity index (χ2v) is 8.65. The molecule has 0 aliphatic carbocycles. The summed E-state index contributed by atoms with van der Waals surface area (Å²) in [5.41, 5.74) is 3.95. The molecule has 1 aromatic heterocycles. The van der Waals surface area contributed by atoms with Crippen LogP contribution in [0, 0.1) is 6.92 Å². The number of aromatic nitrogens is 1. The Labute approximate surface area is 190 Å². The van der Waals surface area contributed by atoms with Crippen LogP contribution in [0.3, 0.4) is 0 Å². The van der Waals surface area contributed by atoms with E-state index >= 15 is 0 Å². The molecule has 3 aromatic rings. The average Bonchev–Trinajstić information content (AvgIpc) is 2.76. The standard InChI is InChI=1S/C23H21ClN4O2S/c1-15-4-9-19(18(24)13-15)27-21(29)14-16-5-7-17(8-6-16)26-23(30)28-11-12-31-22-20(28)3-2-10-25-22/h2-10,13H,11-12,14H2,1H3,(H,26,30)(H,27,29). The summed E-state index contributed by atoms with van der Waals surface area (Å²) in [4.78, 5) is 31.1.